The maximum absolute atomic E-state index is 13.2. The monoisotopic (exact) mass is 366 g/mol. The molecule has 0 saturated carbocycles. The minimum absolute atomic E-state index is 0.00756. The van der Waals surface area contributed by atoms with Gasteiger partial charge in [0.05, 0.1) is 6.04 Å². The summed E-state index contributed by atoms with van der Waals surface area (Å²) in [5.74, 6) is 0.708. The van der Waals surface area contributed by atoms with Crippen molar-refractivity contribution in [3.8, 4) is 11.4 Å². The van der Waals surface area contributed by atoms with Crippen LogP contribution in [0.3, 0.4) is 0 Å². The third kappa shape index (κ3) is 3.86. The van der Waals surface area contributed by atoms with E-state index in [1.54, 1.807) is 36.7 Å². The predicted molar refractivity (Wildman–Crippen MR) is 95.9 cm³/mol. The van der Waals surface area contributed by atoms with Crippen LogP contribution in [-0.2, 0) is 11.2 Å². The van der Waals surface area contributed by atoms with Crippen LogP contribution < -0.4 is 0 Å². The number of benzene rings is 1. The minimum Gasteiger partial charge on any atom is -0.339 e. The van der Waals surface area contributed by atoms with Crippen molar-refractivity contribution < 1.29 is 13.7 Å². The van der Waals surface area contributed by atoms with Crippen molar-refractivity contribution in [2.75, 3.05) is 6.54 Å². The predicted octanol–water partition coefficient (Wildman–Crippen LogP) is 3.57. The fraction of sp³-hybridized carbons (Fsp3) is 0.300. The molecule has 1 atom stereocenters. The standard InChI is InChI=1S/C20H19FN4O2/c21-16-5-3-14(4-6-16)17-2-1-13-25(17)19(26)8-7-18-23-20(24-27-18)15-9-11-22-12-10-15/h3-6,9-12,17H,1-2,7-8,13H2. The van der Waals surface area contributed by atoms with Crippen molar-refractivity contribution in [3.63, 3.8) is 0 Å². The molecule has 0 aliphatic carbocycles. The normalized spacial score (nSPS) is 16.6. The number of hydrogen-bond donors (Lipinski definition) is 0. The lowest BCUT2D eigenvalue weighted by atomic mass is 10.0. The van der Waals surface area contributed by atoms with Crippen LogP contribution in [0.25, 0.3) is 11.4 Å². The second-order valence-electron chi connectivity index (χ2n) is 6.54. The molecule has 6 nitrogen and oxygen atoms in total. The lowest BCUT2D eigenvalue weighted by Gasteiger charge is -2.25. The molecule has 1 unspecified atom stereocenters. The van der Waals surface area contributed by atoms with E-state index in [-0.39, 0.29) is 17.8 Å². The van der Waals surface area contributed by atoms with Crippen LogP contribution in [0.1, 0.15) is 36.8 Å². The zero-order valence-electron chi connectivity index (χ0n) is 14.7. The van der Waals surface area contributed by atoms with Crippen molar-refractivity contribution >= 4 is 5.91 Å². The number of pyridine rings is 1. The number of carbonyl (C=O) groups excluding carboxylic acids is 1. The fourth-order valence-corrected chi connectivity index (χ4v) is 3.43. The molecule has 7 heteroatoms. The Hall–Kier alpha value is -3.09. The number of halogens is 1. The molecule has 4 rings (SSSR count). The number of carbonyl (C=O) groups is 1. The van der Waals surface area contributed by atoms with Gasteiger partial charge < -0.3 is 9.42 Å². The molecule has 27 heavy (non-hydrogen) atoms. The van der Waals surface area contributed by atoms with Gasteiger partial charge in [0.1, 0.15) is 5.82 Å². The smallest absolute Gasteiger partial charge is 0.227 e. The van der Waals surface area contributed by atoms with E-state index in [1.165, 1.54) is 12.1 Å². The molecular weight excluding hydrogens is 347 g/mol. The van der Waals surface area contributed by atoms with E-state index in [9.17, 15) is 9.18 Å². The van der Waals surface area contributed by atoms with Crippen LogP contribution in [0.15, 0.2) is 53.3 Å². The second-order valence-corrected chi connectivity index (χ2v) is 6.54. The number of aromatic nitrogens is 3. The van der Waals surface area contributed by atoms with Crippen molar-refractivity contribution in [1.82, 2.24) is 20.0 Å². The van der Waals surface area contributed by atoms with Crippen LogP contribution in [0.2, 0.25) is 0 Å². The highest BCUT2D eigenvalue weighted by Crippen LogP contribution is 2.32. The van der Waals surface area contributed by atoms with Crippen LogP contribution in [0, 0.1) is 5.82 Å². The molecule has 138 valence electrons. The average Bonchev–Trinajstić information content (AvgIpc) is 3.37. The Balaban J connectivity index is 1.39. The molecule has 0 bridgehead atoms. The van der Waals surface area contributed by atoms with Crippen molar-refractivity contribution in [1.29, 1.82) is 0 Å². The Bertz CT molecular complexity index is 911. The molecule has 0 radical (unpaired) electrons. The summed E-state index contributed by atoms with van der Waals surface area (Å²) in [6.45, 7) is 0.715. The lowest BCUT2D eigenvalue weighted by molar-refractivity contribution is -0.132. The van der Waals surface area contributed by atoms with E-state index in [4.69, 9.17) is 4.52 Å². The van der Waals surface area contributed by atoms with Crippen LogP contribution in [0.5, 0.6) is 0 Å². The largest absolute Gasteiger partial charge is 0.339 e. The highest BCUT2D eigenvalue weighted by molar-refractivity contribution is 5.77. The van der Waals surface area contributed by atoms with Gasteiger partial charge in [0, 0.05) is 37.3 Å². The number of hydrogen-bond acceptors (Lipinski definition) is 5. The summed E-state index contributed by atoms with van der Waals surface area (Å²) in [4.78, 5) is 22.9. The van der Waals surface area contributed by atoms with Gasteiger partial charge in [0.2, 0.25) is 17.6 Å². The van der Waals surface area contributed by atoms with Gasteiger partial charge in [-0.15, -0.1) is 0 Å². The molecule has 0 spiro atoms. The Morgan fingerprint density at radius 2 is 1.96 bits per heavy atom. The number of aryl methyl sites for hydroxylation is 1. The van der Waals surface area contributed by atoms with E-state index < -0.39 is 0 Å². The molecule has 1 saturated heterocycles. The number of rotatable bonds is 5. The third-order valence-corrected chi connectivity index (χ3v) is 4.79. The topological polar surface area (TPSA) is 72.1 Å². The molecule has 3 heterocycles. The number of likely N-dealkylation sites (tertiary alicyclic amines) is 1. The van der Waals surface area contributed by atoms with Crippen LogP contribution >= 0.6 is 0 Å². The van der Waals surface area contributed by atoms with E-state index >= 15 is 0 Å². The summed E-state index contributed by atoms with van der Waals surface area (Å²) in [7, 11) is 0. The third-order valence-electron chi connectivity index (χ3n) is 4.79. The minimum atomic E-state index is -0.268. The summed E-state index contributed by atoms with van der Waals surface area (Å²) in [6.07, 6.45) is 5.86. The Morgan fingerprint density at radius 3 is 2.74 bits per heavy atom. The van der Waals surface area contributed by atoms with Crippen molar-refractivity contribution in [3.05, 3.63) is 66.1 Å². The summed E-state index contributed by atoms with van der Waals surface area (Å²) in [5, 5.41) is 3.96. The second kappa shape index (κ2) is 7.65. The first-order valence-electron chi connectivity index (χ1n) is 8.98. The van der Waals surface area contributed by atoms with Gasteiger partial charge >= 0.3 is 0 Å². The van der Waals surface area contributed by atoms with Crippen LogP contribution in [0.4, 0.5) is 4.39 Å². The molecule has 1 fully saturated rings. The van der Waals surface area contributed by atoms with Gasteiger partial charge in [0.15, 0.2) is 0 Å². The van der Waals surface area contributed by atoms with Gasteiger partial charge in [-0.25, -0.2) is 4.39 Å². The summed E-state index contributed by atoms with van der Waals surface area (Å²) in [6, 6.07) is 10.0. The molecule has 1 aromatic carbocycles. The Morgan fingerprint density at radius 1 is 1.19 bits per heavy atom. The molecule has 2 aromatic heterocycles. The van der Waals surface area contributed by atoms with Gasteiger partial charge in [-0.3, -0.25) is 9.78 Å². The zero-order valence-corrected chi connectivity index (χ0v) is 14.7. The van der Waals surface area contributed by atoms with Gasteiger partial charge in [-0.2, -0.15) is 4.98 Å². The number of amides is 1. The van der Waals surface area contributed by atoms with E-state index in [0.29, 0.717) is 31.1 Å². The lowest BCUT2D eigenvalue weighted by Crippen LogP contribution is -2.30. The van der Waals surface area contributed by atoms with Gasteiger partial charge in [-0.05, 0) is 42.7 Å². The fourth-order valence-electron chi connectivity index (χ4n) is 3.43. The summed E-state index contributed by atoms with van der Waals surface area (Å²) in [5.41, 5.74) is 1.79. The van der Waals surface area contributed by atoms with Gasteiger partial charge in [0.25, 0.3) is 0 Å². The van der Waals surface area contributed by atoms with E-state index in [0.717, 1.165) is 24.0 Å². The number of nitrogens with zero attached hydrogens (tertiary/aromatic N) is 4. The Labute approximate surface area is 156 Å². The maximum Gasteiger partial charge on any atom is 0.227 e. The highest BCUT2D eigenvalue weighted by atomic mass is 19.1. The molecule has 3 aromatic rings. The molecule has 1 amide bonds. The van der Waals surface area contributed by atoms with Crippen molar-refractivity contribution in [2.45, 2.75) is 31.7 Å². The highest BCUT2D eigenvalue weighted by Gasteiger charge is 2.29. The van der Waals surface area contributed by atoms with E-state index in [1.807, 2.05) is 4.90 Å². The quantitative estimate of drug-likeness (QED) is 0.690. The molecule has 0 N–H and O–H groups in total. The Kier molecular flexibility index (Phi) is 4.91. The first-order valence-corrected chi connectivity index (χ1v) is 8.98. The SMILES string of the molecule is O=C(CCc1nc(-c2ccncc2)no1)N1CCCC1c1ccc(F)cc1. The van der Waals surface area contributed by atoms with E-state index in [2.05, 4.69) is 15.1 Å². The van der Waals surface area contributed by atoms with Gasteiger partial charge in [-0.1, -0.05) is 17.3 Å². The van der Waals surface area contributed by atoms with Crippen molar-refractivity contribution in [2.24, 2.45) is 0 Å². The summed E-state index contributed by atoms with van der Waals surface area (Å²) >= 11 is 0. The molecular formula is C20H19FN4O2. The first-order chi connectivity index (χ1) is 13.2. The first kappa shape index (κ1) is 17.3. The zero-order chi connectivity index (χ0) is 18.6. The average molecular weight is 366 g/mol. The molecule has 1 aliphatic heterocycles. The molecule has 1 aliphatic rings. The maximum atomic E-state index is 13.2. The summed E-state index contributed by atoms with van der Waals surface area (Å²) < 4.78 is 18.4. The van der Waals surface area contributed by atoms with Crippen LogP contribution in [-0.4, -0.2) is 32.5 Å².